The van der Waals surface area contributed by atoms with Crippen LogP contribution in [0.1, 0.15) is 11.6 Å². The maximum atomic E-state index is 13.9. The Morgan fingerprint density at radius 1 is 1.06 bits per heavy atom. The molecule has 1 aliphatic heterocycles. The molecule has 32 heavy (non-hydrogen) atoms. The Hall–Kier alpha value is -3.81. The molecule has 2 aromatic heterocycles. The molecule has 0 bridgehead atoms. The summed E-state index contributed by atoms with van der Waals surface area (Å²) in [7, 11) is 1.98. The standard InChI is InChI=1S/C24H23FN6O/c1-30-14-20(16-5-3-2-4-6-16)28-22(30)10-9-21-27-19-13-17(25)7-8-18(19)24(29-21)31-12-11-26-23(32)15-31/h2-8,13-14H,9-12,15H2,1H3,(H,26,32). The number of benzene rings is 2. The number of carbonyl (C=O) groups is 1. The minimum Gasteiger partial charge on any atom is -0.353 e. The number of fused-ring (bicyclic) bond motifs is 1. The van der Waals surface area contributed by atoms with Crippen LogP contribution >= 0.6 is 0 Å². The molecule has 162 valence electrons. The van der Waals surface area contributed by atoms with Crippen LogP contribution < -0.4 is 10.2 Å². The third-order valence-electron chi connectivity index (χ3n) is 5.64. The van der Waals surface area contributed by atoms with Gasteiger partial charge in [-0.3, -0.25) is 4.79 Å². The minimum absolute atomic E-state index is 0.0480. The van der Waals surface area contributed by atoms with Crippen molar-refractivity contribution in [2.75, 3.05) is 24.5 Å². The fraction of sp³-hybridized carbons (Fsp3) is 0.250. The summed E-state index contributed by atoms with van der Waals surface area (Å²) in [4.78, 5) is 28.0. The van der Waals surface area contributed by atoms with Crippen LogP contribution in [0.25, 0.3) is 22.2 Å². The van der Waals surface area contributed by atoms with Crippen molar-refractivity contribution in [2.24, 2.45) is 7.05 Å². The summed E-state index contributed by atoms with van der Waals surface area (Å²) in [6.45, 7) is 1.42. The Kier molecular flexibility index (Phi) is 5.26. The first-order valence-corrected chi connectivity index (χ1v) is 10.6. The fourth-order valence-corrected chi connectivity index (χ4v) is 4.01. The number of anilines is 1. The molecule has 1 fully saturated rings. The highest BCUT2D eigenvalue weighted by Crippen LogP contribution is 2.26. The van der Waals surface area contributed by atoms with Gasteiger partial charge >= 0.3 is 0 Å². The second-order valence-electron chi connectivity index (χ2n) is 7.92. The molecular weight excluding hydrogens is 407 g/mol. The van der Waals surface area contributed by atoms with Crippen molar-refractivity contribution in [3.05, 3.63) is 72.2 Å². The number of aryl methyl sites for hydroxylation is 3. The maximum Gasteiger partial charge on any atom is 0.239 e. The lowest BCUT2D eigenvalue weighted by Crippen LogP contribution is -2.48. The topological polar surface area (TPSA) is 75.9 Å². The second kappa shape index (κ2) is 8.37. The number of amides is 1. The van der Waals surface area contributed by atoms with E-state index < -0.39 is 0 Å². The molecule has 1 amide bonds. The molecule has 2 aromatic carbocycles. The van der Waals surface area contributed by atoms with E-state index in [0.29, 0.717) is 43.1 Å². The molecule has 8 heteroatoms. The van der Waals surface area contributed by atoms with Crippen molar-refractivity contribution in [3.63, 3.8) is 0 Å². The van der Waals surface area contributed by atoms with Gasteiger partial charge in [-0.2, -0.15) is 0 Å². The van der Waals surface area contributed by atoms with Crippen molar-refractivity contribution in [1.29, 1.82) is 0 Å². The summed E-state index contributed by atoms with van der Waals surface area (Å²) in [5.41, 5.74) is 2.53. The number of nitrogens with zero attached hydrogens (tertiary/aromatic N) is 5. The highest BCUT2D eigenvalue weighted by atomic mass is 19.1. The Labute approximate surface area is 184 Å². The third-order valence-corrected chi connectivity index (χ3v) is 5.64. The van der Waals surface area contributed by atoms with Crippen LogP contribution in [0.4, 0.5) is 10.2 Å². The van der Waals surface area contributed by atoms with Gasteiger partial charge in [0.15, 0.2) is 0 Å². The van der Waals surface area contributed by atoms with Crippen LogP contribution in [0.5, 0.6) is 0 Å². The smallest absolute Gasteiger partial charge is 0.239 e. The van der Waals surface area contributed by atoms with E-state index in [1.54, 1.807) is 6.07 Å². The lowest BCUT2D eigenvalue weighted by atomic mass is 10.2. The van der Waals surface area contributed by atoms with Crippen molar-refractivity contribution in [2.45, 2.75) is 12.8 Å². The predicted molar refractivity (Wildman–Crippen MR) is 121 cm³/mol. The highest BCUT2D eigenvalue weighted by Gasteiger charge is 2.21. The van der Waals surface area contributed by atoms with Gasteiger partial charge in [0.2, 0.25) is 5.91 Å². The van der Waals surface area contributed by atoms with E-state index in [1.165, 1.54) is 12.1 Å². The third kappa shape index (κ3) is 4.03. The quantitative estimate of drug-likeness (QED) is 0.527. The lowest BCUT2D eigenvalue weighted by Gasteiger charge is -2.28. The zero-order valence-electron chi connectivity index (χ0n) is 17.8. The van der Waals surface area contributed by atoms with Crippen molar-refractivity contribution in [1.82, 2.24) is 24.8 Å². The van der Waals surface area contributed by atoms with Gasteiger partial charge in [-0.1, -0.05) is 30.3 Å². The molecule has 4 aromatic rings. The summed E-state index contributed by atoms with van der Waals surface area (Å²) in [6.07, 6.45) is 3.21. The summed E-state index contributed by atoms with van der Waals surface area (Å²) in [5, 5.41) is 3.57. The normalized spacial score (nSPS) is 14.1. The van der Waals surface area contributed by atoms with Crippen LogP contribution in [0.2, 0.25) is 0 Å². The van der Waals surface area contributed by atoms with Gasteiger partial charge in [0, 0.05) is 56.2 Å². The zero-order valence-corrected chi connectivity index (χ0v) is 17.8. The molecule has 0 spiro atoms. The highest BCUT2D eigenvalue weighted by molar-refractivity contribution is 5.92. The van der Waals surface area contributed by atoms with Crippen LogP contribution in [0.3, 0.4) is 0 Å². The molecule has 0 radical (unpaired) electrons. The summed E-state index contributed by atoms with van der Waals surface area (Å²) < 4.78 is 15.9. The molecular formula is C24H23FN6O. The molecule has 0 aliphatic carbocycles. The number of rotatable bonds is 5. The van der Waals surface area contributed by atoms with Crippen LogP contribution in [0.15, 0.2) is 54.7 Å². The number of piperazine rings is 1. The van der Waals surface area contributed by atoms with Gasteiger partial charge in [0.25, 0.3) is 0 Å². The van der Waals surface area contributed by atoms with Crippen LogP contribution in [-0.4, -0.2) is 45.1 Å². The molecule has 3 heterocycles. The van der Waals surface area contributed by atoms with E-state index in [9.17, 15) is 9.18 Å². The molecule has 7 nitrogen and oxygen atoms in total. The summed E-state index contributed by atoms with van der Waals surface area (Å²) in [6, 6.07) is 14.5. The summed E-state index contributed by atoms with van der Waals surface area (Å²) >= 11 is 0. The van der Waals surface area contributed by atoms with Crippen molar-refractivity contribution >= 4 is 22.6 Å². The van der Waals surface area contributed by atoms with E-state index in [2.05, 4.69) is 10.3 Å². The largest absolute Gasteiger partial charge is 0.353 e. The average Bonchev–Trinajstić information content (AvgIpc) is 3.18. The first kappa shape index (κ1) is 20.1. The maximum absolute atomic E-state index is 13.9. The zero-order chi connectivity index (χ0) is 22.1. The number of hydrogen-bond donors (Lipinski definition) is 1. The van der Waals surface area contributed by atoms with Gasteiger partial charge in [-0.25, -0.2) is 19.3 Å². The van der Waals surface area contributed by atoms with Crippen LogP contribution in [0, 0.1) is 5.82 Å². The van der Waals surface area contributed by atoms with Crippen molar-refractivity contribution in [3.8, 4) is 11.3 Å². The Morgan fingerprint density at radius 2 is 1.91 bits per heavy atom. The Morgan fingerprint density at radius 3 is 2.72 bits per heavy atom. The number of imidazole rings is 1. The molecule has 1 aliphatic rings. The summed E-state index contributed by atoms with van der Waals surface area (Å²) in [5.74, 6) is 1.80. The van der Waals surface area contributed by atoms with Crippen LogP contribution in [-0.2, 0) is 24.7 Å². The van der Waals surface area contributed by atoms with E-state index in [-0.39, 0.29) is 18.3 Å². The monoisotopic (exact) mass is 430 g/mol. The fourth-order valence-electron chi connectivity index (χ4n) is 4.01. The van der Waals surface area contributed by atoms with Gasteiger partial charge in [-0.15, -0.1) is 0 Å². The average molecular weight is 430 g/mol. The molecule has 0 saturated carbocycles. The van der Waals surface area contributed by atoms with Crippen molar-refractivity contribution < 1.29 is 9.18 Å². The molecule has 0 atom stereocenters. The van der Waals surface area contributed by atoms with E-state index in [4.69, 9.17) is 9.97 Å². The number of hydrogen-bond acceptors (Lipinski definition) is 5. The number of halogens is 1. The number of nitrogens with one attached hydrogen (secondary N) is 1. The Balaban J connectivity index is 1.44. The number of carbonyl (C=O) groups excluding carboxylic acids is 1. The predicted octanol–water partition coefficient (Wildman–Crippen LogP) is 2.89. The van der Waals surface area contributed by atoms with E-state index >= 15 is 0 Å². The first-order chi connectivity index (χ1) is 15.6. The number of aromatic nitrogens is 4. The molecule has 5 rings (SSSR count). The second-order valence-corrected chi connectivity index (χ2v) is 7.92. The Bertz CT molecular complexity index is 1290. The van der Waals surface area contributed by atoms with Gasteiger partial charge in [-0.05, 0) is 12.1 Å². The van der Waals surface area contributed by atoms with E-state index in [1.807, 2.05) is 53.0 Å². The van der Waals surface area contributed by atoms with Gasteiger partial charge in [0.05, 0.1) is 17.8 Å². The van der Waals surface area contributed by atoms with Gasteiger partial charge in [0.1, 0.15) is 23.3 Å². The van der Waals surface area contributed by atoms with E-state index in [0.717, 1.165) is 22.5 Å². The SMILES string of the molecule is Cn1cc(-c2ccccc2)nc1CCc1nc(N2CCNC(=O)C2)c2ccc(F)cc2n1. The molecule has 0 unspecified atom stereocenters. The first-order valence-electron chi connectivity index (χ1n) is 10.6. The molecule has 1 saturated heterocycles. The molecule has 1 N–H and O–H groups in total. The lowest BCUT2D eigenvalue weighted by molar-refractivity contribution is -0.120. The van der Waals surface area contributed by atoms with Gasteiger partial charge < -0.3 is 14.8 Å². The minimum atomic E-state index is -0.346.